The maximum Gasteiger partial charge on any atom is 0.254 e. The fourth-order valence-electron chi connectivity index (χ4n) is 13.2. The molecule has 416 valence electrons. The quantitative estimate of drug-likeness (QED) is 0.0614. The number of aryl methyl sites for hydroxylation is 1. The highest BCUT2D eigenvalue weighted by Gasteiger charge is 2.45. The standard InChI is InChI=1S/C59H74BN11O7S/c1-34(2)54(58(75)70-31-44(72)25-49(70)57(74)64-35(3)38-10-12-39(13-11-38)55-36(4)63-33-79-55)51-27-53(67-78-51)76-21-18-40-17-20-68(32-59(40,5)60)28-37-22-45(23-37)77-52-24-41(16-19-62-52)71-42-14-15-43(71)30-69(29-42)48-26-47(65-66-56(48)61)46-8-6-7-9-50(46)73/h6-13,16,19,24,26-27,33-35,37,40,42-45,49,54,72-73H,14-15,17-18,20-23,25,28-32,60H2,1-5H3,(H2,61,66)(H,64,74)/t35-,37-,40-,42?,43?,44+,45-,49-,54-,59+/m0/s1. The van der Waals surface area contributed by atoms with Crippen molar-refractivity contribution in [2.75, 3.05) is 61.4 Å². The second kappa shape index (κ2) is 22.8. The molecule has 4 saturated heterocycles. The van der Waals surface area contributed by atoms with E-state index in [0.29, 0.717) is 65.1 Å². The highest BCUT2D eigenvalue weighted by Crippen LogP contribution is 2.44. The third-order valence-electron chi connectivity index (χ3n) is 17.5. The minimum absolute atomic E-state index is 0.0597. The van der Waals surface area contributed by atoms with Crippen LogP contribution in [0.3, 0.4) is 0 Å². The van der Waals surface area contributed by atoms with Crippen molar-refractivity contribution in [1.29, 1.82) is 0 Å². The van der Waals surface area contributed by atoms with Crippen molar-refractivity contribution in [2.24, 2.45) is 17.8 Å². The number of carbonyl (C=O) groups is 2. The van der Waals surface area contributed by atoms with E-state index in [1.54, 1.807) is 29.5 Å². The zero-order valence-electron chi connectivity index (χ0n) is 46.2. The number of hydrogen-bond donors (Lipinski definition) is 4. The number of phenolic OH excluding ortho intramolecular Hbond substituents is 1. The Morgan fingerprint density at radius 1 is 0.962 bits per heavy atom. The summed E-state index contributed by atoms with van der Waals surface area (Å²) in [5.41, 5.74) is 14.5. The fraction of sp³-hybridized carbons (Fsp3) is 0.508. The molecule has 1 saturated carbocycles. The van der Waals surface area contributed by atoms with Crippen LogP contribution >= 0.6 is 11.3 Å². The van der Waals surface area contributed by atoms with Crippen molar-refractivity contribution >= 4 is 48.2 Å². The minimum Gasteiger partial charge on any atom is -0.507 e. The number of amides is 2. The van der Waals surface area contributed by atoms with Gasteiger partial charge in [-0.3, -0.25) is 9.59 Å². The Morgan fingerprint density at radius 2 is 1.73 bits per heavy atom. The average molecular weight is 1090 g/mol. The largest absolute Gasteiger partial charge is 0.507 e. The molecular weight excluding hydrogens is 1020 g/mol. The Kier molecular flexibility index (Phi) is 15.6. The molecule has 8 heterocycles. The highest BCUT2D eigenvalue weighted by atomic mass is 32.1. The third-order valence-corrected chi connectivity index (χ3v) is 18.4. The van der Waals surface area contributed by atoms with Crippen molar-refractivity contribution in [3.05, 3.63) is 102 Å². The number of piperidine rings is 1. The van der Waals surface area contributed by atoms with Crippen LogP contribution in [0, 0.1) is 24.7 Å². The van der Waals surface area contributed by atoms with Crippen LogP contribution in [-0.4, -0.2) is 141 Å². The molecule has 5 aliphatic rings. The molecule has 8 atom stereocenters. The Hall–Kier alpha value is -6.77. The van der Waals surface area contributed by atoms with Gasteiger partial charge in [-0.15, -0.1) is 21.5 Å². The number of para-hydroxylation sites is 1. The summed E-state index contributed by atoms with van der Waals surface area (Å²) in [5, 5.41) is 37.3. The maximum absolute atomic E-state index is 14.3. The number of pyridine rings is 1. The number of nitrogens with one attached hydrogen (secondary N) is 1. The number of ether oxygens (including phenoxy) is 2. The number of hydrogen-bond acceptors (Lipinski definition) is 17. The van der Waals surface area contributed by atoms with Crippen molar-refractivity contribution in [3.63, 3.8) is 0 Å². The molecule has 4 aliphatic heterocycles. The number of nitrogens with two attached hydrogens (primary N) is 1. The van der Waals surface area contributed by atoms with Crippen LogP contribution in [0.25, 0.3) is 21.7 Å². The van der Waals surface area contributed by atoms with Gasteiger partial charge >= 0.3 is 0 Å². The van der Waals surface area contributed by atoms with Crippen LogP contribution in [0.15, 0.2) is 89.0 Å². The van der Waals surface area contributed by atoms with Crippen molar-refractivity contribution < 1.29 is 33.8 Å². The van der Waals surface area contributed by atoms with Crippen LogP contribution in [-0.2, 0) is 9.59 Å². The number of aliphatic hydroxyl groups is 1. The van der Waals surface area contributed by atoms with Gasteiger partial charge in [0.25, 0.3) is 5.88 Å². The Balaban J connectivity index is 0.620. The van der Waals surface area contributed by atoms with E-state index in [2.05, 4.69) is 72.2 Å². The summed E-state index contributed by atoms with van der Waals surface area (Å²) in [4.78, 5) is 47.2. The normalized spacial score (nSPS) is 25.8. The first-order valence-corrected chi connectivity index (χ1v) is 29.1. The predicted molar refractivity (Wildman–Crippen MR) is 307 cm³/mol. The summed E-state index contributed by atoms with van der Waals surface area (Å²) in [6.07, 6.45) is 7.48. The molecule has 5 fully saturated rings. The van der Waals surface area contributed by atoms with E-state index in [4.69, 9.17) is 19.7 Å². The number of likely N-dealkylation sites (tertiary alicyclic amines) is 2. The molecule has 0 radical (unpaired) electrons. The molecule has 11 rings (SSSR count). The number of phenols is 1. The number of nitrogens with zero attached hydrogens (tertiary/aromatic N) is 9. The van der Waals surface area contributed by atoms with E-state index in [9.17, 15) is 19.8 Å². The number of β-amino-alcohol motifs (C(OH)–C–C–N with tert-alkyl or cyclic N) is 1. The smallest absolute Gasteiger partial charge is 0.254 e. The molecule has 2 aromatic carbocycles. The lowest BCUT2D eigenvalue weighted by Gasteiger charge is -2.47. The SMILES string of the molecule is B[C@]1(C)CN(C[C@H]2C[C@H](Oc3cc(N4C5CCC4CN(c4cc(-c6ccccc6O)nnc4N)C5)ccn3)C2)CC[C@H]1CCOc1cc([C@@H](C(=O)N2C[C@H](O)C[C@H]2C(=O)N[C@@H](C)c2ccc(-c3scnc3C)cc2)C(C)C)on1. The predicted octanol–water partition coefficient (Wildman–Crippen LogP) is 7.44. The number of nitrogen functional groups attached to an aromatic ring is 1. The number of benzene rings is 2. The van der Waals surface area contributed by atoms with Gasteiger partial charge in [-0.25, -0.2) is 9.97 Å². The van der Waals surface area contributed by atoms with E-state index in [-0.39, 0.29) is 53.9 Å². The molecule has 79 heavy (non-hydrogen) atoms. The number of fused-ring (bicyclic) bond motifs is 2. The summed E-state index contributed by atoms with van der Waals surface area (Å²) < 4.78 is 18.5. The van der Waals surface area contributed by atoms with E-state index in [1.165, 1.54) is 4.90 Å². The Bertz CT molecular complexity index is 3100. The number of aromatic nitrogens is 5. The molecule has 4 aromatic heterocycles. The third kappa shape index (κ3) is 11.6. The van der Waals surface area contributed by atoms with E-state index in [0.717, 1.165) is 104 Å². The van der Waals surface area contributed by atoms with Gasteiger partial charge in [-0.05, 0) is 129 Å². The zero-order chi connectivity index (χ0) is 55.1. The van der Waals surface area contributed by atoms with Crippen LogP contribution in [0.2, 0.25) is 5.31 Å². The monoisotopic (exact) mass is 1090 g/mol. The van der Waals surface area contributed by atoms with Gasteiger partial charge < -0.3 is 54.9 Å². The van der Waals surface area contributed by atoms with Gasteiger partial charge in [0.1, 0.15) is 31.7 Å². The summed E-state index contributed by atoms with van der Waals surface area (Å²) in [6.45, 7) is 15.4. The molecule has 20 heteroatoms. The number of thiazole rings is 1. The molecular formula is C59H74BN11O7S. The number of aliphatic hydroxyl groups excluding tert-OH is 1. The van der Waals surface area contributed by atoms with Gasteiger partial charge in [0.05, 0.1) is 46.2 Å². The Labute approximate surface area is 467 Å². The first kappa shape index (κ1) is 54.2. The first-order valence-electron chi connectivity index (χ1n) is 28.2. The number of aromatic hydroxyl groups is 1. The van der Waals surface area contributed by atoms with E-state index >= 15 is 0 Å². The average Bonchev–Trinajstić information content (AvgIpc) is 4.24. The van der Waals surface area contributed by atoms with Gasteiger partial charge in [-0.1, -0.05) is 57.2 Å². The lowest BCUT2D eigenvalue weighted by Crippen LogP contribution is -2.54. The number of anilines is 3. The topological polar surface area (TPSA) is 222 Å². The second-order valence-electron chi connectivity index (χ2n) is 23.8. The molecule has 1 aliphatic carbocycles. The number of carbonyl (C=O) groups excluding carboxylic acids is 2. The van der Waals surface area contributed by atoms with Crippen molar-refractivity contribution in [1.82, 2.24) is 40.4 Å². The summed E-state index contributed by atoms with van der Waals surface area (Å²) in [6, 6.07) is 22.6. The Morgan fingerprint density at radius 3 is 2.46 bits per heavy atom. The summed E-state index contributed by atoms with van der Waals surface area (Å²) >= 11 is 1.59. The van der Waals surface area contributed by atoms with Crippen LogP contribution < -0.4 is 30.3 Å². The van der Waals surface area contributed by atoms with Crippen molar-refractivity contribution in [2.45, 2.75) is 127 Å². The van der Waals surface area contributed by atoms with Gasteiger partial charge in [-0.2, -0.15) is 0 Å². The lowest BCUT2D eigenvalue weighted by molar-refractivity contribution is -0.141. The molecule has 5 N–H and O–H groups in total. The van der Waals surface area contributed by atoms with Gasteiger partial charge in [0, 0.05) is 74.3 Å². The maximum atomic E-state index is 14.3. The van der Waals surface area contributed by atoms with Crippen LogP contribution in [0.1, 0.15) is 102 Å². The second-order valence-corrected chi connectivity index (χ2v) is 24.6. The molecule has 2 unspecified atom stereocenters. The van der Waals surface area contributed by atoms with E-state index < -0.39 is 18.1 Å². The molecule has 6 aromatic rings. The lowest BCUT2D eigenvalue weighted by atomic mass is 9.58. The summed E-state index contributed by atoms with van der Waals surface area (Å²) in [7, 11) is 2.36. The van der Waals surface area contributed by atoms with Crippen LogP contribution in [0.4, 0.5) is 17.2 Å². The van der Waals surface area contributed by atoms with Crippen molar-refractivity contribution in [3.8, 4) is 39.2 Å². The molecule has 18 nitrogen and oxygen atoms in total. The van der Waals surface area contributed by atoms with Gasteiger partial charge in [0.15, 0.2) is 11.6 Å². The fourth-order valence-corrected chi connectivity index (χ4v) is 14.0. The van der Waals surface area contributed by atoms with Gasteiger partial charge in [0.2, 0.25) is 17.7 Å². The van der Waals surface area contributed by atoms with E-state index in [1.807, 2.05) is 81.9 Å². The van der Waals surface area contributed by atoms with Crippen LogP contribution in [0.5, 0.6) is 17.5 Å². The number of piperazine rings is 1. The highest BCUT2D eigenvalue weighted by molar-refractivity contribution is 7.13. The zero-order valence-corrected chi connectivity index (χ0v) is 47.0. The molecule has 0 spiro atoms. The summed E-state index contributed by atoms with van der Waals surface area (Å²) in [5.74, 6) is 1.52. The first-order chi connectivity index (χ1) is 38.0. The molecule has 2 amide bonds. The number of rotatable bonds is 18. The molecule has 2 bridgehead atoms. The minimum atomic E-state index is -0.825.